The normalized spacial score (nSPS) is 13.0. The Balaban J connectivity index is 2.40. The van der Waals surface area contributed by atoms with Gasteiger partial charge in [-0.3, -0.25) is 9.42 Å². The van der Waals surface area contributed by atoms with Crippen molar-refractivity contribution in [1.82, 2.24) is 0 Å². The van der Waals surface area contributed by atoms with Crippen LogP contribution in [0.1, 0.15) is 17.3 Å². The summed E-state index contributed by atoms with van der Waals surface area (Å²) in [5.74, 6) is -1.63. The SMILES string of the molecule is C=C(C)C(=O)OCCOP(=O)(O)OC(=O)c1ccccc1. The van der Waals surface area contributed by atoms with Gasteiger partial charge in [0.05, 0.1) is 12.2 Å². The molecule has 8 heteroatoms. The zero-order valence-electron chi connectivity index (χ0n) is 11.4. The first-order valence-electron chi connectivity index (χ1n) is 5.91. The maximum absolute atomic E-state index is 11.6. The van der Waals surface area contributed by atoms with Crippen LogP contribution in [0, 0.1) is 0 Å². The highest BCUT2D eigenvalue weighted by Gasteiger charge is 2.26. The van der Waals surface area contributed by atoms with Crippen molar-refractivity contribution in [2.45, 2.75) is 6.92 Å². The van der Waals surface area contributed by atoms with E-state index in [1.165, 1.54) is 19.1 Å². The highest BCUT2D eigenvalue weighted by Crippen LogP contribution is 2.43. The Morgan fingerprint density at radius 1 is 1.24 bits per heavy atom. The van der Waals surface area contributed by atoms with Gasteiger partial charge in [0.25, 0.3) is 0 Å². The molecule has 0 saturated carbocycles. The maximum Gasteiger partial charge on any atom is 0.529 e. The summed E-state index contributed by atoms with van der Waals surface area (Å²) in [7, 11) is -4.56. The Morgan fingerprint density at radius 3 is 2.43 bits per heavy atom. The molecule has 0 bridgehead atoms. The van der Waals surface area contributed by atoms with Crippen LogP contribution in [0.4, 0.5) is 0 Å². The molecule has 0 saturated heterocycles. The highest BCUT2D eigenvalue weighted by atomic mass is 31.2. The summed E-state index contributed by atoms with van der Waals surface area (Å²) in [6.07, 6.45) is 0. The molecule has 0 spiro atoms. The number of phosphoric ester groups is 1. The quantitative estimate of drug-likeness (QED) is 0.356. The van der Waals surface area contributed by atoms with Crippen LogP contribution in [-0.4, -0.2) is 30.0 Å². The van der Waals surface area contributed by atoms with Gasteiger partial charge in [-0.1, -0.05) is 24.8 Å². The van der Waals surface area contributed by atoms with E-state index in [4.69, 9.17) is 0 Å². The van der Waals surface area contributed by atoms with Gasteiger partial charge in [0.2, 0.25) is 0 Å². The molecule has 1 N–H and O–H groups in total. The molecule has 1 atom stereocenters. The molecule has 114 valence electrons. The predicted molar refractivity (Wildman–Crippen MR) is 73.4 cm³/mol. The average Bonchev–Trinajstić information content (AvgIpc) is 2.43. The number of hydrogen-bond acceptors (Lipinski definition) is 6. The molecular weight excluding hydrogens is 299 g/mol. The van der Waals surface area contributed by atoms with Crippen LogP contribution >= 0.6 is 7.82 Å². The molecule has 1 unspecified atom stereocenters. The molecule has 0 aliphatic carbocycles. The summed E-state index contributed by atoms with van der Waals surface area (Å²) in [6.45, 7) is 4.17. The van der Waals surface area contributed by atoms with Crippen LogP contribution in [0.15, 0.2) is 42.5 Å². The Labute approximate surface area is 121 Å². The minimum atomic E-state index is -4.56. The lowest BCUT2D eigenvalue weighted by molar-refractivity contribution is -0.139. The third-order valence-electron chi connectivity index (χ3n) is 2.13. The minimum absolute atomic E-state index is 0.115. The van der Waals surface area contributed by atoms with E-state index in [9.17, 15) is 19.0 Å². The Hall–Kier alpha value is -1.95. The van der Waals surface area contributed by atoms with Crippen molar-refractivity contribution in [1.29, 1.82) is 0 Å². The maximum atomic E-state index is 11.6. The van der Waals surface area contributed by atoms with E-state index in [0.29, 0.717) is 0 Å². The fourth-order valence-electron chi connectivity index (χ4n) is 1.17. The molecule has 0 amide bonds. The molecule has 0 aromatic heterocycles. The summed E-state index contributed by atoms with van der Waals surface area (Å²) in [4.78, 5) is 31.9. The van der Waals surface area contributed by atoms with Gasteiger partial charge in [0.15, 0.2) is 0 Å². The Bertz CT molecular complexity index is 567. The number of esters is 1. The molecule has 0 heterocycles. The lowest BCUT2D eigenvalue weighted by Crippen LogP contribution is -2.12. The zero-order chi connectivity index (χ0) is 15.9. The van der Waals surface area contributed by atoms with Crippen LogP contribution in [0.2, 0.25) is 0 Å². The fourth-order valence-corrected chi connectivity index (χ4v) is 1.84. The number of ether oxygens (including phenoxy) is 1. The lowest BCUT2D eigenvalue weighted by atomic mass is 10.2. The second-order valence-electron chi connectivity index (χ2n) is 3.96. The molecule has 0 radical (unpaired) electrons. The van der Waals surface area contributed by atoms with E-state index in [1.807, 2.05) is 0 Å². The van der Waals surface area contributed by atoms with E-state index >= 15 is 0 Å². The van der Waals surface area contributed by atoms with Gasteiger partial charge >= 0.3 is 19.8 Å². The molecule has 0 aliphatic heterocycles. The highest BCUT2D eigenvalue weighted by molar-refractivity contribution is 7.48. The Kier molecular flexibility index (Phi) is 6.30. The third kappa shape index (κ3) is 6.35. The zero-order valence-corrected chi connectivity index (χ0v) is 12.2. The molecule has 0 aliphatic rings. The standard InChI is InChI=1S/C13H15O7P/c1-10(2)12(14)18-8-9-19-21(16,17)20-13(15)11-6-4-3-5-7-11/h3-7H,1,8-9H2,2H3,(H,16,17). The summed E-state index contributed by atoms with van der Waals surface area (Å²) >= 11 is 0. The van der Waals surface area contributed by atoms with Crippen molar-refractivity contribution in [3.8, 4) is 0 Å². The van der Waals surface area contributed by atoms with Gasteiger partial charge in [-0.15, -0.1) is 0 Å². The number of carbonyl (C=O) groups is 2. The molecule has 1 aromatic rings. The van der Waals surface area contributed by atoms with Crippen molar-refractivity contribution in [3.05, 3.63) is 48.0 Å². The van der Waals surface area contributed by atoms with Gasteiger partial charge in [-0.05, 0) is 19.1 Å². The first-order chi connectivity index (χ1) is 9.82. The number of benzene rings is 1. The first-order valence-corrected chi connectivity index (χ1v) is 7.40. The van der Waals surface area contributed by atoms with E-state index in [0.717, 1.165) is 0 Å². The second-order valence-corrected chi connectivity index (χ2v) is 5.34. The lowest BCUT2D eigenvalue weighted by Gasteiger charge is -2.12. The summed E-state index contributed by atoms with van der Waals surface area (Å²) in [5, 5.41) is 0. The minimum Gasteiger partial charge on any atom is -0.460 e. The molecule has 7 nitrogen and oxygen atoms in total. The van der Waals surface area contributed by atoms with Crippen LogP contribution in [0.25, 0.3) is 0 Å². The van der Waals surface area contributed by atoms with Gasteiger partial charge in [0, 0.05) is 5.57 Å². The Morgan fingerprint density at radius 2 is 1.86 bits per heavy atom. The smallest absolute Gasteiger partial charge is 0.460 e. The van der Waals surface area contributed by atoms with Crippen LogP contribution in [0.3, 0.4) is 0 Å². The molecule has 21 heavy (non-hydrogen) atoms. The number of hydrogen-bond donors (Lipinski definition) is 1. The van der Waals surface area contributed by atoms with Gasteiger partial charge < -0.3 is 9.26 Å². The van der Waals surface area contributed by atoms with E-state index in [2.05, 4.69) is 20.4 Å². The van der Waals surface area contributed by atoms with Crippen molar-refractivity contribution in [2.75, 3.05) is 13.2 Å². The summed E-state index contributed by atoms with van der Waals surface area (Å²) in [6, 6.07) is 7.70. The van der Waals surface area contributed by atoms with Crippen LogP contribution < -0.4 is 0 Å². The van der Waals surface area contributed by atoms with E-state index in [1.54, 1.807) is 18.2 Å². The van der Waals surface area contributed by atoms with Gasteiger partial charge in [-0.25, -0.2) is 14.2 Å². The second kappa shape index (κ2) is 7.73. The third-order valence-corrected chi connectivity index (χ3v) is 3.03. The summed E-state index contributed by atoms with van der Waals surface area (Å²) in [5.41, 5.74) is 0.307. The van der Waals surface area contributed by atoms with Crippen molar-refractivity contribution in [2.24, 2.45) is 0 Å². The van der Waals surface area contributed by atoms with E-state index < -0.39 is 26.4 Å². The largest absolute Gasteiger partial charge is 0.529 e. The summed E-state index contributed by atoms with van der Waals surface area (Å²) < 4.78 is 25.0. The van der Waals surface area contributed by atoms with Crippen LogP contribution in [-0.2, 0) is 23.1 Å². The van der Waals surface area contributed by atoms with Gasteiger partial charge in [-0.2, -0.15) is 0 Å². The topological polar surface area (TPSA) is 99.1 Å². The van der Waals surface area contributed by atoms with Crippen LogP contribution in [0.5, 0.6) is 0 Å². The van der Waals surface area contributed by atoms with E-state index in [-0.39, 0.29) is 17.7 Å². The van der Waals surface area contributed by atoms with Crippen molar-refractivity contribution < 1.29 is 32.8 Å². The number of rotatable bonds is 7. The molecule has 1 rings (SSSR count). The molecular formula is C13H15O7P. The monoisotopic (exact) mass is 314 g/mol. The average molecular weight is 314 g/mol. The number of phosphoric acid groups is 1. The number of carbonyl (C=O) groups excluding carboxylic acids is 2. The fraction of sp³-hybridized carbons (Fsp3) is 0.231. The van der Waals surface area contributed by atoms with Gasteiger partial charge in [0.1, 0.15) is 6.61 Å². The van der Waals surface area contributed by atoms with Crippen molar-refractivity contribution in [3.63, 3.8) is 0 Å². The van der Waals surface area contributed by atoms with Crippen molar-refractivity contribution >= 4 is 19.8 Å². The molecule has 0 fully saturated rings. The predicted octanol–water partition coefficient (Wildman–Crippen LogP) is 2.08. The first kappa shape index (κ1) is 17.1. The molecule has 1 aromatic carbocycles.